The number of hydrogen-bond donors (Lipinski definition) is 1. The van der Waals surface area contributed by atoms with Gasteiger partial charge in [0.2, 0.25) is 5.91 Å². The van der Waals surface area contributed by atoms with Crippen molar-refractivity contribution in [2.24, 2.45) is 0 Å². The summed E-state index contributed by atoms with van der Waals surface area (Å²) in [4.78, 5) is 12.3. The number of methoxy groups -OCH3 is 1. The van der Waals surface area contributed by atoms with E-state index in [0.717, 1.165) is 39.4 Å². The molecule has 3 rings (SSSR count). The second-order valence-electron chi connectivity index (χ2n) is 7.14. The summed E-state index contributed by atoms with van der Waals surface area (Å²) in [5.74, 6) is 1.73. The van der Waals surface area contributed by atoms with Crippen LogP contribution in [0.2, 0.25) is 0 Å². The van der Waals surface area contributed by atoms with Gasteiger partial charge in [0.05, 0.1) is 18.4 Å². The van der Waals surface area contributed by atoms with Crippen LogP contribution < -0.4 is 14.8 Å². The largest absolute Gasteiger partial charge is 0.493 e. The lowest BCUT2D eigenvalue weighted by Crippen LogP contribution is -2.08. The van der Waals surface area contributed by atoms with E-state index in [9.17, 15) is 4.79 Å². The van der Waals surface area contributed by atoms with Crippen molar-refractivity contribution in [3.05, 3.63) is 76.2 Å². The normalized spacial score (nSPS) is 11.0. The Kier molecular flexibility index (Phi) is 6.57. The molecule has 1 amide bonds. The Balaban J connectivity index is 1.67. The van der Waals surface area contributed by atoms with E-state index in [1.165, 1.54) is 6.08 Å². The summed E-state index contributed by atoms with van der Waals surface area (Å²) in [6, 6.07) is 11.4. The predicted octanol–water partition coefficient (Wildman–Crippen LogP) is 5.15. The number of nitrogens with one attached hydrogen (secondary N) is 1. The van der Waals surface area contributed by atoms with Crippen LogP contribution in [-0.4, -0.2) is 18.2 Å². The van der Waals surface area contributed by atoms with Gasteiger partial charge in [-0.05, 0) is 63.1 Å². The standard InChI is InChI=1S/C24H26N2O4/c1-15-6-9-21(16(2)12-15)25-24(27)11-8-19-7-10-22(23(13-19)28-5)29-14-20-17(3)26-30-18(20)4/h6-13H,14H2,1-5H3,(H,25,27). The molecule has 0 aliphatic rings. The van der Waals surface area contributed by atoms with Crippen molar-refractivity contribution in [3.63, 3.8) is 0 Å². The molecule has 1 N–H and O–H groups in total. The molecule has 2 aromatic carbocycles. The number of aromatic nitrogens is 1. The highest BCUT2D eigenvalue weighted by atomic mass is 16.5. The number of benzene rings is 2. The first-order chi connectivity index (χ1) is 14.4. The Morgan fingerprint density at radius 2 is 1.90 bits per heavy atom. The second-order valence-corrected chi connectivity index (χ2v) is 7.14. The minimum Gasteiger partial charge on any atom is -0.493 e. The van der Waals surface area contributed by atoms with Crippen LogP contribution in [0, 0.1) is 27.7 Å². The zero-order valence-electron chi connectivity index (χ0n) is 17.9. The van der Waals surface area contributed by atoms with Crippen LogP contribution in [0.3, 0.4) is 0 Å². The lowest BCUT2D eigenvalue weighted by molar-refractivity contribution is -0.111. The van der Waals surface area contributed by atoms with Gasteiger partial charge in [0.15, 0.2) is 11.5 Å². The van der Waals surface area contributed by atoms with E-state index in [1.54, 1.807) is 13.2 Å². The molecule has 6 heteroatoms. The Hall–Kier alpha value is -3.54. The molecule has 0 radical (unpaired) electrons. The predicted molar refractivity (Wildman–Crippen MR) is 117 cm³/mol. The van der Waals surface area contributed by atoms with Gasteiger partial charge in [-0.1, -0.05) is 28.9 Å². The van der Waals surface area contributed by atoms with Crippen molar-refractivity contribution in [2.75, 3.05) is 12.4 Å². The molecule has 156 valence electrons. The van der Waals surface area contributed by atoms with Crippen LogP contribution in [0.5, 0.6) is 11.5 Å². The van der Waals surface area contributed by atoms with Crippen LogP contribution in [-0.2, 0) is 11.4 Å². The quantitative estimate of drug-likeness (QED) is 0.550. The molecule has 0 aliphatic carbocycles. The summed E-state index contributed by atoms with van der Waals surface area (Å²) >= 11 is 0. The number of rotatable bonds is 7. The Morgan fingerprint density at radius 1 is 1.10 bits per heavy atom. The number of aryl methyl sites for hydroxylation is 4. The molecular weight excluding hydrogens is 380 g/mol. The number of ether oxygens (including phenoxy) is 2. The van der Waals surface area contributed by atoms with Gasteiger partial charge in [0.25, 0.3) is 0 Å². The molecule has 0 fully saturated rings. The summed E-state index contributed by atoms with van der Waals surface area (Å²) < 4.78 is 16.5. The maximum absolute atomic E-state index is 12.3. The van der Waals surface area contributed by atoms with Gasteiger partial charge in [-0.15, -0.1) is 0 Å². The molecule has 3 aromatic rings. The lowest BCUT2D eigenvalue weighted by Gasteiger charge is -2.11. The molecule has 0 saturated heterocycles. The van der Waals surface area contributed by atoms with Gasteiger partial charge < -0.3 is 19.3 Å². The zero-order valence-corrected chi connectivity index (χ0v) is 17.9. The molecule has 0 bridgehead atoms. The van der Waals surface area contributed by atoms with E-state index in [4.69, 9.17) is 14.0 Å². The number of hydrogen-bond acceptors (Lipinski definition) is 5. The van der Waals surface area contributed by atoms with Gasteiger partial charge in [-0.25, -0.2) is 0 Å². The SMILES string of the molecule is COc1cc(C=CC(=O)Nc2ccc(C)cc2C)ccc1OCc1c(C)noc1C. The van der Waals surface area contributed by atoms with Gasteiger partial charge in [0.1, 0.15) is 12.4 Å². The number of carbonyl (C=O) groups is 1. The van der Waals surface area contributed by atoms with Crippen LogP contribution in [0.4, 0.5) is 5.69 Å². The van der Waals surface area contributed by atoms with E-state index in [0.29, 0.717) is 18.1 Å². The first-order valence-electron chi connectivity index (χ1n) is 9.66. The maximum atomic E-state index is 12.3. The van der Waals surface area contributed by atoms with E-state index >= 15 is 0 Å². The topological polar surface area (TPSA) is 73.6 Å². The fraction of sp³-hybridized carbons (Fsp3) is 0.250. The van der Waals surface area contributed by atoms with Crippen LogP contribution >= 0.6 is 0 Å². The summed E-state index contributed by atoms with van der Waals surface area (Å²) in [5.41, 5.74) is 5.54. The zero-order chi connectivity index (χ0) is 21.7. The first kappa shape index (κ1) is 21.2. The van der Waals surface area contributed by atoms with E-state index in [1.807, 2.05) is 64.1 Å². The molecule has 6 nitrogen and oxygen atoms in total. The van der Waals surface area contributed by atoms with Crippen molar-refractivity contribution in [3.8, 4) is 11.5 Å². The fourth-order valence-electron chi connectivity index (χ4n) is 3.07. The van der Waals surface area contributed by atoms with Gasteiger partial charge in [-0.3, -0.25) is 4.79 Å². The molecule has 30 heavy (non-hydrogen) atoms. The Labute approximate surface area is 176 Å². The van der Waals surface area contributed by atoms with Crippen LogP contribution in [0.1, 0.15) is 33.7 Å². The first-order valence-corrected chi connectivity index (χ1v) is 9.66. The third kappa shape index (κ3) is 5.08. The van der Waals surface area contributed by atoms with E-state index < -0.39 is 0 Å². The molecule has 0 spiro atoms. The number of carbonyl (C=O) groups excluding carboxylic acids is 1. The van der Waals surface area contributed by atoms with Crippen molar-refractivity contribution >= 4 is 17.7 Å². The van der Waals surface area contributed by atoms with Crippen molar-refractivity contribution < 1.29 is 18.8 Å². The third-order valence-electron chi connectivity index (χ3n) is 4.81. The molecular formula is C24H26N2O4. The van der Waals surface area contributed by atoms with E-state index in [-0.39, 0.29) is 5.91 Å². The van der Waals surface area contributed by atoms with Crippen LogP contribution in [0.15, 0.2) is 47.0 Å². The molecule has 0 saturated carbocycles. The minimum absolute atomic E-state index is 0.195. The van der Waals surface area contributed by atoms with Crippen molar-refractivity contribution in [1.82, 2.24) is 5.16 Å². The van der Waals surface area contributed by atoms with Gasteiger partial charge in [0, 0.05) is 11.8 Å². The molecule has 0 unspecified atom stereocenters. The van der Waals surface area contributed by atoms with Crippen molar-refractivity contribution in [1.29, 1.82) is 0 Å². The smallest absolute Gasteiger partial charge is 0.248 e. The second kappa shape index (κ2) is 9.31. The summed E-state index contributed by atoms with van der Waals surface area (Å²) in [5, 5.41) is 6.83. The van der Waals surface area contributed by atoms with Gasteiger partial charge >= 0.3 is 0 Å². The number of amides is 1. The Bertz CT molecular complexity index is 1060. The molecule has 1 heterocycles. The monoisotopic (exact) mass is 406 g/mol. The van der Waals surface area contributed by atoms with Gasteiger partial charge in [-0.2, -0.15) is 0 Å². The average molecular weight is 406 g/mol. The van der Waals surface area contributed by atoms with Crippen LogP contribution in [0.25, 0.3) is 6.08 Å². The average Bonchev–Trinajstić information content (AvgIpc) is 3.04. The van der Waals surface area contributed by atoms with E-state index in [2.05, 4.69) is 10.5 Å². The Morgan fingerprint density at radius 3 is 2.57 bits per heavy atom. The highest BCUT2D eigenvalue weighted by molar-refractivity contribution is 6.02. The lowest BCUT2D eigenvalue weighted by atomic mass is 10.1. The maximum Gasteiger partial charge on any atom is 0.248 e. The summed E-state index contributed by atoms with van der Waals surface area (Å²) in [6.07, 6.45) is 3.23. The molecule has 0 aliphatic heterocycles. The highest BCUT2D eigenvalue weighted by Crippen LogP contribution is 2.30. The molecule has 0 atom stereocenters. The van der Waals surface area contributed by atoms with Crippen molar-refractivity contribution in [2.45, 2.75) is 34.3 Å². The fourth-order valence-corrected chi connectivity index (χ4v) is 3.07. The summed E-state index contributed by atoms with van der Waals surface area (Å²) in [7, 11) is 1.58. The number of nitrogens with zero attached hydrogens (tertiary/aromatic N) is 1. The third-order valence-corrected chi connectivity index (χ3v) is 4.81. The molecule has 1 aromatic heterocycles. The highest BCUT2D eigenvalue weighted by Gasteiger charge is 2.12. The number of anilines is 1. The minimum atomic E-state index is -0.195. The summed E-state index contributed by atoms with van der Waals surface area (Å²) in [6.45, 7) is 8.06.